The van der Waals surface area contributed by atoms with Gasteiger partial charge in [-0.15, -0.1) is 0 Å². The van der Waals surface area contributed by atoms with E-state index in [1.54, 1.807) is 0 Å². The molecule has 0 amide bonds. The average Bonchev–Trinajstić information content (AvgIpc) is 2.29. The summed E-state index contributed by atoms with van der Waals surface area (Å²) in [5.74, 6) is 0. The van der Waals surface area contributed by atoms with Gasteiger partial charge in [-0.05, 0) is 23.6 Å². The maximum absolute atomic E-state index is 5.53. The Labute approximate surface area is 91.6 Å². The first kappa shape index (κ1) is 11.5. The molecule has 0 saturated heterocycles. The van der Waals surface area contributed by atoms with Crippen LogP contribution in [0.1, 0.15) is 12.5 Å². The van der Waals surface area contributed by atoms with Crippen LogP contribution < -0.4 is 5.73 Å². The Kier molecular flexibility index (Phi) is 4.58. The summed E-state index contributed by atoms with van der Waals surface area (Å²) in [4.78, 5) is 0. The molecule has 1 rings (SSSR count). The average molecular weight is 199 g/mol. The van der Waals surface area contributed by atoms with E-state index in [4.69, 9.17) is 5.73 Å². The van der Waals surface area contributed by atoms with Crippen LogP contribution in [0, 0.1) is 0 Å². The van der Waals surface area contributed by atoms with Gasteiger partial charge >= 0.3 is 0 Å². The molecule has 0 heterocycles. The van der Waals surface area contributed by atoms with Crippen LogP contribution in [0.2, 0.25) is 0 Å². The molecular formula is C14H17N. The fraction of sp³-hybridized carbons (Fsp3) is 0.143. The Bertz CT molecular complexity index is 372. The highest BCUT2D eigenvalue weighted by molar-refractivity contribution is 5.75. The molecule has 0 bridgehead atoms. The van der Waals surface area contributed by atoms with Gasteiger partial charge in [0.1, 0.15) is 0 Å². The Morgan fingerprint density at radius 2 is 2.00 bits per heavy atom. The van der Waals surface area contributed by atoms with Crippen LogP contribution in [-0.4, -0.2) is 6.54 Å². The van der Waals surface area contributed by atoms with Gasteiger partial charge in [-0.1, -0.05) is 55.1 Å². The topological polar surface area (TPSA) is 26.0 Å². The summed E-state index contributed by atoms with van der Waals surface area (Å²) in [6.45, 7) is 6.38. The molecule has 78 valence electrons. The second-order valence-corrected chi connectivity index (χ2v) is 3.33. The zero-order valence-corrected chi connectivity index (χ0v) is 9.11. The van der Waals surface area contributed by atoms with Gasteiger partial charge in [0.05, 0.1) is 0 Å². The van der Waals surface area contributed by atoms with Crippen molar-refractivity contribution in [3.8, 4) is 0 Å². The van der Waals surface area contributed by atoms with Gasteiger partial charge in [0.2, 0.25) is 0 Å². The molecule has 2 N–H and O–H groups in total. The second kappa shape index (κ2) is 5.99. The van der Waals surface area contributed by atoms with Crippen LogP contribution in [0.15, 0.2) is 60.7 Å². The van der Waals surface area contributed by atoms with E-state index >= 15 is 0 Å². The van der Waals surface area contributed by atoms with Crippen molar-refractivity contribution in [1.82, 2.24) is 0 Å². The minimum atomic E-state index is 0.494. The Hall–Kier alpha value is -1.60. The van der Waals surface area contributed by atoms with Gasteiger partial charge < -0.3 is 5.73 Å². The van der Waals surface area contributed by atoms with Gasteiger partial charge in [0.15, 0.2) is 0 Å². The SMILES string of the molecule is C=C(/C=C(\C=C/C)c1ccccc1)CN. The molecule has 0 aliphatic rings. The highest BCUT2D eigenvalue weighted by atomic mass is 14.5. The first-order chi connectivity index (χ1) is 7.27. The zero-order valence-electron chi connectivity index (χ0n) is 9.11. The highest BCUT2D eigenvalue weighted by Crippen LogP contribution is 2.17. The molecule has 0 unspecified atom stereocenters. The van der Waals surface area contributed by atoms with Crippen LogP contribution in [0.3, 0.4) is 0 Å². The molecule has 1 aromatic carbocycles. The van der Waals surface area contributed by atoms with E-state index in [0.717, 1.165) is 11.1 Å². The van der Waals surface area contributed by atoms with E-state index in [0.29, 0.717) is 6.54 Å². The molecule has 0 atom stereocenters. The molecule has 0 aromatic heterocycles. The number of hydrogen-bond acceptors (Lipinski definition) is 1. The van der Waals surface area contributed by atoms with Crippen molar-refractivity contribution in [2.75, 3.05) is 6.54 Å². The lowest BCUT2D eigenvalue weighted by Crippen LogP contribution is -1.99. The summed E-state index contributed by atoms with van der Waals surface area (Å²) in [5, 5.41) is 0. The summed E-state index contributed by atoms with van der Waals surface area (Å²) in [6.07, 6.45) is 6.11. The fourth-order valence-electron chi connectivity index (χ4n) is 1.32. The van der Waals surface area contributed by atoms with Crippen LogP contribution >= 0.6 is 0 Å². The highest BCUT2D eigenvalue weighted by Gasteiger charge is 1.96. The van der Waals surface area contributed by atoms with Gasteiger partial charge in [-0.2, -0.15) is 0 Å². The van der Waals surface area contributed by atoms with Gasteiger partial charge in [-0.25, -0.2) is 0 Å². The lowest BCUT2D eigenvalue weighted by molar-refractivity contribution is 1.20. The summed E-state index contributed by atoms with van der Waals surface area (Å²) >= 11 is 0. The quantitative estimate of drug-likeness (QED) is 0.741. The minimum absolute atomic E-state index is 0.494. The number of allylic oxidation sites excluding steroid dienone is 3. The predicted octanol–water partition coefficient (Wildman–Crippen LogP) is 3.16. The normalized spacial score (nSPS) is 12.0. The monoisotopic (exact) mass is 199 g/mol. The van der Waals surface area contributed by atoms with Crippen molar-refractivity contribution in [2.24, 2.45) is 5.73 Å². The van der Waals surface area contributed by atoms with Crippen molar-refractivity contribution in [1.29, 1.82) is 0 Å². The summed E-state index contributed by atoms with van der Waals surface area (Å²) < 4.78 is 0. The van der Waals surface area contributed by atoms with Crippen molar-refractivity contribution >= 4 is 5.57 Å². The molecule has 0 fully saturated rings. The third kappa shape index (κ3) is 3.56. The van der Waals surface area contributed by atoms with Crippen molar-refractivity contribution in [2.45, 2.75) is 6.92 Å². The van der Waals surface area contributed by atoms with Gasteiger partial charge in [-0.3, -0.25) is 0 Å². The number of benzene rings is 1. The van der Waals surface area contributed by atoms with E-state index in [2.05, 4.69) is 24.8 Å². The summed E-state index contributed by atoms with van der Waals surface area (Å²) in [5.41, 5.74) is 8.80. The smallest absolute Gasteiger partial charge is 0.0172 e. The number of rotatable bonds is 4. The van der Waals surface area contributed by atoms with E-state index in [9.17, 15) is 0 Å². The minimum Gasteiger partial charge on any atom is -0.327 e. The van der Waals surface area contributed by atoms with E-state index in [1.807, 2.05) is 37.3 Å². The standard InChI is InChI=1S/C14H17N/c1-3-7-14(10-12(2)11-15)13-8-5-4-6-9-13/h3-10H,2,11,15H2,1H3/b7-3-,14-10+. The van der Waals surface area contributed by atoms with Gasteiger partial charge in [0.25, 0.3) is 0 Å². The first-order valence-corrected chi connectivity index (χ1v) is 5.05. The lowest BCUT2D eigenvalue weighted by Gasteiger charge is -2.03. The molecule has 0 saturated carbocycles. The molecule has 0 aliphatic heterocycles. The summed E-state index contributed by atoms with van der Waals surface area (Å²) in [6, 6.07) is 10.2. The van der Waals surface area contributed by atoms with Crippen LogP contribution in [0.5, 0.6) is 0 Å². The van der Waals surface area contributed by atoms with E-state index in [-0.39, 0.29) is 0 Å². The van der Waals surface area contributed by atoms with Crippen LogP contribution in [-0.2, 0) is 0 Å². The Balaban J connectivity index is 3.04. The Morgan fingerprint density at radius 3 is 2.53 bits per heavy atom. The van der Waals surface area contributed by atoms with Gasteiger partial charge in [0, 0.05) is 6.54 Å². The molecule has 0 spiro atoms. The molecule has 1 nitrogen and oxygen atoms in total. The molecule has 0 radical (unpaired) electrons. The Morgan fingerprint density at radius 1 is 1.33 bits per heavy atom. The van der Waals surface area contributed by atoms with E-state index < -0.39 is 0 Å². The summed E-state index contributed by atoms with van der Waals surface area (Å²) in [7, 11) is 0. The maximum Gasteiger partial charge on any atom is 0.0172 e. The third-order valence-corrected chi connectivity index (χ3v) is 2.08. The number of hydrogen-bond donors (Lipinski definition) is 1. The first-order valence-electron chi connectivity index (χ1n) is 5.05. The molecule has 15 heavy (non-hydrogen) atoms. The maximum atomic E-state index is 5.53. The van der Waals surface area contributed by atoms with Crippen molar-refractivity contribution in [3.63, 3.8) is 0 Å². The predicted molar refractivity (Wildman–Crippen MR) is 67.4 cm³/mol. The van der Waals surface area contributed by atoms with Crippen molar-refractivity contribution in [3.05, 3.63) is 66.3 Å². The number of nitrogens with two attached hydrogens (primary N) is 1. The fourth-order valence-corrected chi connectivity index (χ4v) is 1.32. The van der Waals surface area contributed by atoms with Crippen molar-refractivity contribution < 1.29 is 0 Å². The third-order valence-electron chi connectivity index (χ3n) is 2.08. The zero-order chi connectivity index (χ0) is 11.1. The molecule has 1 aromatic rings. The van der Waals surface area contributed by atoms with Crippen LogP contribution in [0.25, 0.3) is 5.57 Å². The van der Waals surface area contributed by atoms with E-state index in [1.165, 1.54) is 5.56 Å². The lowest BCUT2D eigenvalue weighted by atomic mass is 10.0. The molecule has 0 aliphatic carbocycles. The largest absolute Gasteiger partial charge is 0.327 e. The molecular weight excluding hydrogens is 182 g/mol. The van der Waals surface area contributed by atoms with Crippen LogP contribution in [0.4, 0.5) is 0 Å². The molecule has 1 heteroatoms. The second-order valence-electron chi connectivity index (χ2n) is 3.33.